The predicted molar refractivity (Wildman–Crippen MR) is 88.3 cm³/mol. The second-order valence-corrected chi connectivity index (χ2v) is 5.48. The summed E-state index contributed by atoms with van der Waals surface area (Å²) in [7, 11) is 0. The maximum atomic E-state index is 12.5. The quantitative estimate of drug-likeness (QED) is 0.665. The minimum atomic E-state index is -4.46. The van der Waals surface area contributed by atoms with Crippen molar-refractivity contribution in [2.75, 3.05) is 0 Å². The lowest BCUT2D eigenvalue weighted by Crippen LogP contribution is -2.21. The Bertz CT molecular complexity index is 998. The Morgan fingerprint density at radius 3 is 2.54 bits per heavy atom. The Labute approximate surface area is 145 Å². The first kappa shape index (κ1) is 17.7. The van der Waals surface area contributed by atoms with Crippen molar-refractivity contribution in [3.8, 4) is 11.4 Å². The van der Waals surface area contributed by atoms with Crippen molar-refractivity contribution < 1.29 is 22.7 Å². The van der Waals surface area contributed by atoms with Gasteiger partial charge in [0.1, 0.15) is 5.75 Å². The number of ether oxygens (including phenoxy) is 1. The molecule has 0 atom stereocenters. The lowest BCUT2D eigenvalue weighted by atomic mass is 10.2. The van der Waals surface area contributed by atoms with Crippen LogP contribution in [0, 0.1) is 0 Å². The summed E-state index contributed by atoms with van der Waals surface area (Å²) < 4.78 is 43.1. The molecule has 0 radical (unpaired) electrons. The van der Waals surface area contributed by atoms with Gasteiger partial charge in [0, 0.05) is 12.3 Å². The molecule has 26 heavy (non-hydrogen) atoms. The first-order valence-electron chi connectivity index (χ1n) is 7.69. The van der Waals surface area contributed by atoms with E-state index in [4.69, 9.17) is 4.74 Å². The molecule has 0 spiro atoms. The maximum absolute atomic E-state index is 12.5. The molecule has 3 rings (SSSR count). The summed E-state index contributed by atoms with van der Waals surface area (Å²) in [6, 6.07) is 12.9. The summed E-state index contributed by atoms with van der Waals surface area (Å²) in [6.45, 7) is 0. The van der Waals surface area contributed by atoms with Crippen molar-refractivity contribution in [3.05, 3.63) is 65.1 Å². The fourth-order valence-corrected chi connectivity index (χ4v) is 2.45. The Balaban J connectivity index is 2.01. The number of halogens is 3. The fraction of sp³-hybridized carbons (Fsp3) is 0.167. The summed E-state index contributed by atoms with van der Waals surface area (Å²) in [4.78, 5) is 28.4. The van der Waals surface area contributed by atoms with Crippen LogP contribution in [-0.2, 0) is 4.79 Å². The Morgan fingerprint density at radius 2 is 1.85 bits per heavy atom. The van der Waals surface area contributed by atoms with Crippen LogP contribution in [0.15, 0.2) is 59.5 Å². The molecule has 2 heterocycles. The van der Waals surface area contributed by atoms with Gasteiger partial charge < -0.3 is 4.74 Å². The van der Waals surface area contributed by atoms with Gasteiger partial charge in [-0.25, -0.2) is 4.98 Å². The minimum absolute atomic E-state index is 0.113. The zero-order valence-corrected chi connectivity index (χ0v) is 13.4. The smallest absolute Gasteiger partial charge is 0.389 e. The molecule has 8 heteroatoms. The van der Waals surface area contributed by atoms with Crippen LogP contribution < -0.4 is 10.3 Å². The molecule has 0 saturated heterocycles. The lowest BCUT2D eigenvalue weighted by Gasteiger charge is -2.13. The van der Waals surface area contributed by atoms with E-state index < -0.39 is 30.5 Å². The van der Waals surface area contributed by atoms with Gasteiger partial charge in [-0.3, -0.25) is 14.2 Å². The molecule has 1 aromatic carbocycles. The van der Waals surface area contributed by atoms with Gasteiger partial charge in [-0.15, -0.1) is 0 Å². The molecule has 0 fully saturated rings. The van der Waals surface area contributed by atoms with Gasteiger partial charge in [0.25, 0.3) is 5.56 Å². The number of aromatic nitrogens is 2. The molecule has 134 valence electrons. The van der Waals surface area contributed by atoms with Crippen LogP contribution >= 0.6 is 0 Å². The van der Waals surface area contributed by atoms with Crippen LogP contribution in [-0.4, -0.2) is 21.7 Å². The summed E-state index contributed by atoms with van der Waals surface area (Å²) >= 11 is 0. The Morgan fingerprint density at radius 1 is 1.12 bits per heavy atom. The van der Waals surface area contributed by atoms with Gasteiger partial charge >= 0.3 is 12.1 Å². The highest BCUT2D eigenvalue weighted by Gasteiger charge is 2.28. The van der Waals surface area contributed by atoms with E-state index in [2.05, 4.69) is 4.98 Å². The van der Waals surface area contributed by atoms with Crippen LogP contribution in [0.5, 0.6) is 5.75 Å². The number of carbonyl (C=O) groups excluding carboxylic acids is 1. The van der Waals surface area contributed by atoms with E-state index in [0.29, 0.717) is 11.1 Å². The van der Waals surface area contributed by atoms with Crippen LogP contribution in [0.25, 0.3) is 16.7 Å². The zero-order chi connectivity index (χ0) is 18.7. The number of hydrogen-bond donors (Lipinski definition) is 0. The molecule has 5 nitrogen and oxygen atoms in total. The summed E-state index contributed by atoms with van der Waals surface area (Å²) in [6.07, 6.45) is -5.11. The molecule has 0 amide bonds. The van der Waals surface area contributed by atoms with Crippen LogP contribution in [0.2, 0.25) is 0 Å². The third-order valence-corrected chi connectivity index (χ3v) is 3.59. The van der Waals surface area contributed by atoms with Crippen LogP contribution in [0.4, 0.5) is 13.2 Å². The van der Waals surface area contributed by atoms with Crippen LogP contribution in [0.3, 0.4) is 0 Å². The van der Waals surface area contributed by atoms with Crippen molar-refractivity contribution in [1.82, 2.24) is 9.55 Å². The van der Waals surface area contributed by atoms with Crippen molar-refractivity contribution in [3.63, 3.8) is 0 Å². The lowest BCUT2D eigenvalue weighted by molar-refractivity contribution is -0.151. The highest BCUT2D eigenvalue weighted by molar-refractivity contribution is 5.86. The molecular formula is C18H13F3N2O3. The predicted octanol–water partition coefficient (Wildman–Crippen LogP) is 3.63. The molecule has 0 aliphatic carbocycles. The molecule has 0 N–H and O–H groups in total. The maximum Gasteiger partial charge on any atom is 0.389 e. The average Bonchev–Trinajstić information content (AvgIpc) is 2.60. The highest BCUT2D eigenvalue weighted by Crippen LogP contribution is 2.26. The third kappa shape index (κ3) is 3.90. The summed E-state index contributed by atoms with van der Waals surface area (Å²) in [5, 5.41) is 0.344. The van der Waals surface area contributed by atoms with Gasteiger partial charge in [0.15, 0.2) is 5.65 Å². The number of fused-ring (bicyclic) bond motifs is 1. The minimum Gasteiger partial charge on any atom is -0.426 e. The number of benzene rings is 1. The third-order valence-electron chi connectivity index (χ3n) is 3.59. The second-order valence-electron chi connectivity index (χ2n) is 5.48. The van der Waals surface area contributed by atoms with Gasteiger partial charge in [-0.2, -0.15) is 13.2 Å². The van der Waals surface area contributed by atoms with E-state index in [-0.39, 0.29) is 11.4 Å². The number of esters is 1. The number of alkyl halides is 3. The molecule has 2 aromatic heterocycles. The molecule has 0 aliphatic heterocycles. The van der Waals surface area contributed by atoms with E-state index in [1.54, 1.807) is 42.5 Å². The Kier molecular flexibility index (Phi) is 4.75. The van der Waals surface area contributed by atoms with Crippen LogP contribution in [0.1, 0.15) is 12.8 Å². The largest absolute Gasteiger partial charge is 0.426 e. The molecule has 0 aliphatic rings. The first-order valence-corrected chi connectivity index (χ1v) is 7.69. The number of nitrogens with zero attached hydrogens (tertiary/aromatic N) is 2. The van der Waals surface area contributed by atoms with Crippen molar-refractivity contribution in [2.45, 2.75) is 19.0 Å². The topological polar surface area (TPSA) is 61.2 Å². The van der Waals surface area contributed by atoms with E-state index in [1.165, 1.54) is 10.8 Å². The van der Waals surface area contributed by atoms with E-state index in [0.717, 1.165) is 6.07 Å². The molecule has 0 bridgehead atoms. The second kappa shape index (κ2) is 6.99. The normalized spacial score (nSPS) is 11.5. The summed E-state index contributed by atoms with van der Waals surface area (Å²) in [5.41, 5.74) is 0.294. The van der Waals surface area contributed by atoms with E-state index in [1.807, 2.05) is 0 Å². The highest BCUT2D eigenvalue weighted by atomic mass is 19.4. The monoisotopic (exact) mass is 362 g/mol. The SMILES string of the molecule is O=C(CCC(F)(F)F)Oc1cc(=O)n(-c2ccccc2)c2ncccc12. The molecule has 0 saturated carbocycles. The number of carbonyl (C=O) groups is 1. The number of hydrogen-bond acceptors (Lipinski definition) is 4. The van der Waals surface area contributed by atoms with Crippen molar-refractivity contribution in [2.24, 2.45) is 0 Å². The zero-order valence-electron chi connectivity index (χ0n) is 13.4. The standard InChI is InChI=1S/C18H13F3N2O3/c19-18(20,21)9-8-16(25)26-14-11-15(24)23(12-5-2-1-3-6-12)17-13(14)7-4-10-22-17/h1-7,10-11H,8-9H2. The van der Waals surface area contributed by atoms with Gasteiger partial charge in [0.2, 0.25) is 0 Å². The summed E-state index contributed by atoms with van der Waals surface area (Å²) in [5.74, 6) is -1.18. The van der Waals surface area contributed by atoms with Crippen molar-refractivity contribution in [1.29, 1.82) is 0 Å². The van der Waals surface area contributed by atoms with E-state index in [9.17, 15) is 22.8 Å². The molecule has 3 aromatic rings. The van der Waals surface area contributed by atoms with Gasteiger partial charge in [0.05, 0.1) is 23.9 Å². The average molecular weight is 362 g/mol. The first-order chi connectivity index (χ1) is 12.3. The number of para-hydroxylation sites is 1. The van der Waals surface area contributed by atoms with Crippen molar-refractivity contribution >= 4 is 17.0 Å². The number of rotatable bonds is 4. The van der Waals surface area contributed by atoms with Gasteiger partial charge in [-0.1, -0.05) is 18.2 Å². The molecule has 0 unspecified atom stereocenters. The molecular weight excluding hydrogens is 349 g/mol. The Hall–Kier alpha value is -3.16. The fourth-order valence-electron chi connectivity index (χ4n) is 2.45. The van der Waals surface area contributed by atoms with E-state index >= 15 is 0 Å². The van der Waals surface area contributed by atoms with Gasteiger partial charge in [-0.05, 0) is 24.3 Å². The number of pyridine rings is 2.